The summed E-state index contributed by atoms with van der Waals surface area (Å²) in [5.41, 5.74) is 2.38. The first-order chi connectivity index (χ1) is 11.5. The number of hydrogen-bond donors (Lipinski definition) is 1. The molecule has 6 nitrogen and oxygen atoms in total. The lowest BCUT2D eigenvalue weighted by atomic mass is 10.2. The fourth-order valence-electron chi connectivity index (χ4n) is 2.92. The van der Waals surface area contributed by atoms with Crippen LogP contribution < -0.4 is 10.9 Å². The van der Waals surface area contributed by atoms with Crippen molar-refractivity contribution in [3.63, 3.8) is 0 Å². The van der Waals surface area contributed by atoms with E-state index in [1.807, 2.05) is 19.1 Å². The molecule has 3 aromatic heterocycles. The Bertz CT molecular complexity index is 968. The van der Waals surface area contributed by atoms with Gasteiger partial charge in [0.05, 0.1) is 5.39 Å². The molecule has 3 heterocycles. The number of rotatable bonds is 5. The second-order valence-electron chi connectivity index (χ2n) is 6.09. The fourth-order valence-corrected chi connectivity index (χ4v) is 2.92. The van der Waals surface area contributed by atoms with Gasteiger partial charge in [-0.2, -0.15) is 0 Å². The largest absolute Gasteiger partial charge is 0.351 e. The normalized spacial score (nSPS) is 11.3. The van der Waals surface area contributed by atoms with Gasteiger partial charge in [-0.25, -0.2) is 4.98 Å². The van der Waals surface area contributed by atoms with Crippen LogP contribution in [0, 0.1) is 6.92 Å². The lowest BCUT2D eigenvalue weighted by Crippen LogP contribution is -2.26. The number of fused-ring (bicyclic) bond motifs is 2. The molecule has 0 aliphatic rings. The quantitative estimate of drug-likeness (QED) is 0.732. The Morgan fingerprint density at radius 1 is 1.29 bits per heavy atom. The predicted molar refractivity (Wildman–Crippen MR) is 94.5 cm³/mol. The zero-order chi connectivity index (χ0) is 17.3. The van der Waals surface area contributed by atoms with Gasteiger partial charge in [-0.1, -0.05) is 25.8 Å². The van der Waals surface area contributed by atoms with Crippen molar-refractivity contribution < 1.29 is 4.79 Å². The van der Waals surface area contributed by atoms with E-state index in [9.17, 15) is 9.59 Å². The molecule has 0 spiro atoms. The van der Waals surface area contributed by atoms with Gasteiger partial charge in [0.1, 0.15) is 17.0 Å². The van der Waals surface area contributed by atoms with E-state index in [0.29, 0.717) is 28.9 Å². The third-order valence-corrected chi connectivity index (χ3v) is 4.32. The molecule has 24 heavy (non-hydrogen) atoms. The Labute approximate surface area is 140 Å². The van der Waals surface area contributed by atoms with Crippen LogP contribution in [-0.2, 0) is 7.05 Å². The monoisotopic (exact) mass is 326 g/mol. The lowest BCUT2D eigenvalue weighted by Gasteiger charge is -2.06. The van der Waals surface area contributed by atoms with Gasteiger partial charge >= 0.3 is 0 Å². The number of unbranched alkanes of at least 4 members (excludes halogenated alkanes) is 2. The van der Waals surface area contributed by atoms with Crippen molar-refractivity contribution in [2.45, 2.75) is 33.1 Å². The number of hydrogen-bond acceptors (Lipinski definition) is 3. The Morgan fingerprint density at radius 2 is 2.08 bits per heavy atom. The number of nitrogens with zero attached hydrogens (tertiary/aromatic N) is 3. The van der Waals surface area contributed by atoms with Crippen LogP contribution >= 0.6 is 0 Å². The highest BCUT2D eigenvalue weighted by atomic mass is 16.2. The smallest absolute Gasteiger partial charge is 0.267 e. The topological polar surface area (TPSA) is 68.4 Å². The van der Waals surface area contributed by atoms with E-state index in [0.717, 1.165) is 24.8 Å². The second-order valence-corrected chi connectivity index (χ2v) is 6.09. The molecule has 0 radical (unpaired) electrons. The van der Waals surface area contributed by atoms with E-state index in [4.69, 9.17) is 0 Å². The minimum Gasteiger partial charge on any atom is -0.351 e. The van der Waals surface area contributed by atoms with Crippen molar-refractivity contribution >= 4 is 22.6 Å². The molecule has 0 atom stereocenters. The maximum absolute atomic E-state index is 12.7. The molecule has 0 bridgehead atoms. The van der Waals surface area contributed by atoms with Crippen molar-refractivity contribution in [2.75, 3.05) is 6.54 Å². The Morgan fingerprint density at radius 3 is 2.83 bits per heavy atom. The second kappa shape index (κ2) is 6.47. The summed E-state index contributed by atoms with van der Waals surface area (Å²) in [6.07, 6.45) is 4.85. The number of carbonyl (C=O) groups excluding carboxylic acids is 1. The van der Waals surface area contributed by atoms with Crippen LogP contribution in [0.25, 0.3) is 16.7 Å². The molecule has 0 unspecified atom stereocenters. The van der Waals surface area contributed by atoms with E-state index in [2.05, 4.69) is 17.2 Å². The fraction of sp³-hybridized carbons (Fsp3) is 0.389. The highest BCUT2D eigenvalue weighted by Crippen LogP contribution is 2.16. The van der Waals surface area contributed by atoms with Crippen molar-refractivity contribution in [3.8, 4) is 0 Å². The first-order valence-corrected chi connectivity index (χ1v) is 8.30. The van der Waals surface area contributed by atoms with Gasteiger partial charge in [-0.05, 0) is 31.0 Å². The first kappa shape index (κ1) is 16.2. The molecule has 1 N–H and O–H groups in total. The number of pyridine rings is 1. The molecule has 1 amide bonds. The van der Waals surface area contributed by atoms with Crippen LogP contribution in [0.15, 0.2) is 29.2 Å². The molecule has 3 aromatic rings. The summed E-state index contributed by atoms with van der Waals surface area (Å²) in [6, 6.07) is 5.37. The van der Waals surface area contributed by atoms with Crippen LogP contribution in [-0.4, -0.2) is 26.4 Å². The van der Waals surface area contributed by atoms with Crippen LogP contribution in [0.5, 0.6) is 0 Å². The molecule has 126 valence electrons. The van der Waals surface area contributed by atoms with Crippen LogP contribution in [0.2, 0.25) is 0 Å². The van der Waals surface area contributed by atoms with Gasteiger partial charge < -0.3 is 9.88 Å². The highest BCUT2D eigenvalue weighted by molar-refractivity contribution is 5.98. The first-order valence-electron chi connectivity index (χ1n) is 8.30. The van der Waals surface area contributed by atoms with E-state index in [1.54, 1.807) is 23.9 Å². The number of amides is 1. The van der Waals surface area contributed by atoms with Crippen LogP contribution in [0.1, 0.15) is 42.2 Å². The number of carbonyl (C=O) groups is 1. The zero-order valence-electron chi connectivity index (χ0n) is 14.3. The number of nitrogens with one attached hydrogen (secondary N) is 1. The Hall–Kier alpha value is -2.63. The van der Waals surface area contributed by atoms with Gasteiger partial charge in [-0.15, -0.1) is 0 Å². The SMILES string of the molecule is CCCCCNC(=O)c1cc2c(=O)n3cccc(C)c3nc2n1C. The summed E-state index contributed by atoms with van der Waals surface area (Å²) in [6.45, 7) is 4.68. The molecular weight excluding hydrogens is 304 g/mol. The van der Waals surface area contributed by atoms with Crippen LogP contribution in [0.3, 0.4) is 0 Å². The lowest BCUT2D eigenvalue weighted by molar-refractivity contribution is 0.0945. The molecule has 0 aliphatic heterocycles. The predicted octanol–water partition coefficient (Wildman–Crippen LogP) is 2.41. The molecule has 0 saturated heterocycles. The van der Waals surface area contributed by atoms with Gasteiger partial charge in [-0.3, -0.25) is 14.0 Å². The average molecular weight is 326 g/mol. The molecule has 3 rings (SSSR count). The maximum Gasteiger partial charge on any atom is 0.267 e. The van der Waals surface area contributed by atoms with Crippen molar-refractivity contribution in [2.24, 2.45) is 7.05 Å². The van der Waals surface area contributed by atoms with Crippen molar-refractivity contribution in [3.05, 3.63) is 46.0 Å². The summed E-state index contributed by atoms with van der Waals surface area (Å²) in [5.74, 6) is -0.170. The Balaban J connectivity index is 2.06. The molecule has 0 fully saturated rings. The third-order valence-electron chi connectivity index (χ3n) is 4.32. The average Bonchev–Trinajstić information content (AvgIpc) is 2.90. The zero-order valence-corrected chi connectivity index (χ0v) is 14.3. The maximum atomic E-state index is 12.7. The van der Waals surface area contributed by atoms with Gasteiger partial charge in [0.2, 0.25) is 0 Å². The summed E-state index contributed by atoms with van der Waals surface area (Å²) < 4.78 is 3.22. The van der Waals surface area contributed by atoms with Gasteiger partial charge in [0, 0.05) is 19.8 Å². The van der Waals surface area contributed by atoms with Crippen molar-refractivity contribution in [1.29, 1.82) is 0 Å². The standard InChI is InChI=1S/C18H22N4O2/c1-4-5-6-9-19-17(23)14-11-13-16(21(14)3)20-15-12(2)8-7-10-22(15)18(13)24/h7-8,10-11H,4-6,9H2,1-3H3,(H,19,23). The van der Waals surface area contributed by atoms with E-state index >= 15 is 0 Å². The highest BCUT2D eigenvalue weighted by Gasteiger charge is 2.17. The molecule has 0 aliphatic carbocycles. The summed E-state index contributed by atoms with van der Waals surface area (Å²) >= 11 is 0. The third kappa shape index (κ3) is 2.68. The van der Waals surface area contributed by atoms with E-state index in [-0.39, 0.29) is 11.5 Å². The minimum absolute atomic E-state index is 0.153. The number of aryl methyl sites for hydroxylation is 2. The summed E-state index contributed by atoms with van der Waals surface area (Å²) in [7, 11) is 1.77. The molecule has 0 saturated carbocycles. The summed E-state index contributed by atoms with van der Waals surface area (Å²) in [4.78, 5) is 29.7. The number of aromatic nitrogens is 3. The van der Waals surface area contributed by atoms with Crippen LogP contribution in [0.4, 0.5) is 0 Å². The minimum atomic E-state index is -0.170. The van der Waals surface area contributed by atoms with E-state index in [1.165, 1.54) is 4.40 Å². The summed E-state index contributed by atoms with van der Waals surface area (Å²) in [5, 5.41) is 3.37. The molecular formula is C18H22N4O2. The van der Waals surface area contributed by atoms with Gasteiger partial charge in [0.25, 0.3) is 11.5 Å². The van der Waals surface area contributed by atoms with Gasteiger partial charge in [0.15, 0.2) is 0 Å². The molecule has 0 aromatic carbocycles. The van der Waals surface area contributed by atoms with E-state index < -0.39 is 0 Å². The molecule has 6 heteroatoms. The Kier molecular flexibility index (Phi) is 4.38. The van der Waals surface area contributed by atoms with Crippen molar-refractivity contribution in [1.82, 2.24) is 19.3 Å².